The van der Waals surface area contributed by atoms with Crippen molar-refractivity contribution in [2.24, 2.45) is 11.8 Å². The maximum absolute atomic E-state index is 12.5. The number of nitrogens with one attached hydrogen (secondary N) is 1. The Labute approximate surface area is 167 Å². The first-order valence-corrected chi connectivity index (χ1v) is 9.83. The van der Waals surface area contributed by atoms with Crippen LogP contribution in [0.5, 0.6) is 0 Å². The number of anilines is 1. The monoisotopic (exact) mass is 388 g/mol. The molecule has 2 atom stereocenters. The van der Waals surface area contributed by atoms with Gasteiger partial charge < -0.3 is 9.73 Å². The van der Waals surface area contributed by atoms with Crippen molar-refractivity contribution in [1.29, 1.82) is 0 Å². The fourth-order valence-electron chi connectivity index (χ4n) is 4.33. The molecule has 1 aromatic heterocycles. The molecule has 0 unspecified atom stereocenters. The van der Waals surface area contributed by atoms with Gasteiger partial charge in [0.05, 0.1) is 11.8 Å². The van der Waals surface area contributed by atoms with E-state index in [2.05, 4.69) is 5.32 Å². The van der Waals surface area contributed by atoms with E-state index < -0.39 is 0 Å². The minimum absolute atomic E-state index is 0.0779. The molecule has 2 aromatic carbocycles. The molecule has 1 saturated heterocycles. The van der Waals surface area contributed by atoms with Crippen LogP contribution in [0.1, 0.15) is 19.3 Å². The van der Waals surface area contributed by atoms with E-state index in [9.17, 15) is 14.4 Å². The van der Waals surface area contributed by atoms with E-state index in [4.69, 9.17) is 4.42 Å². The lowest BCUT2D eigenvalue weighted by atomic mass is 9.85. The average Bonchev–Trinajstić information content (AvgIpc) is 3.22. The van der Waals surface area contributed by atoms with E-state index in [1.165, 1.54) is 4.90 Å². The summed E-state index contributed by atoms with van der Waals surface area (Å²) in [7, 11) is 0. The molecule has 1 N–H and O–H groups in total. The van der Waals surface area contributed by atoms with Gasteiger partial charge in [-0.1, -0.05) is 30.4 Å². The number of imide groups is 1. The number of benzene rings is 2. The zero-order valence-electron chi connectivity index (χ0n) is 15.8. The van der Waals surface area contributed by atoms with Crippen molar-refractivity contribution < 1.29 is 18.8 Å². The highest BCUT2D eigenvalue weighted by atomic mass is 16.3. The van der Waals surface area contributed by atoms with Crippen LogP contribution in [0.15, 0.2) is 59.0 Å². The fraction of sp³-hybridized carbons (Fsp3) is 0.261. The number of hydrogen-bond donors (Lipinski definition) is 1. The van der Waals surface area contributed by atoms with E-state index in [1.807, 2.05) is 48.6 Å². The van der Waals surface area contributed by atoms with Gasteiger partial charge in [-0.2, -0.15) is 0 Å². The molecule has 6 heteroatoms. The Kier molecular flexibility index (Phi) is 4.19. The van der Waals surface area contributed by atoms with Crippen LogP contribution in [0.25, 0.3) is 21.9 Å². The molecular weight excluding hydrogens is 368 g/mol. The van der Waals surface area contributed by atoms with Gasteiger partial charge in [0.25, 0.3) is 0 Å². The number of furan rings is 1. The number of para-hydroxylation sites is 1. The lowest BCUT2D eigenvalue weighted by Crippen LogP contribution is -2.34. The molecule has 0 saturated carbocycles. The average molecular weight is 388 g/mol. The van der Waals surface area contributed by atoms with Crippen LogP contribution in [-0.4, -0.2) is 29.2 Å². The predicted molar refractivity (Wildman–Crippen MR) is 109 cm³/mol. The SMILES string of the molecule is O=C(CCN1C(=O)[C@H]2CC=CC[C@H]2C1=O)Nc1ccc2oc3ccccc3c2c1. The van der Waals surface area contributed by atoms with Crippen molar-refractivity contribution in [3.05, 3.63) is 54.6 Å². The van der Waals surface area contributed by atoms with E-state index in [0.717, 1.165) is 21.9 Å². The Bertz CT molecular complexity index is 1150. The second kappa shape index (κ2) is 6.88. The molecule has 5 rings (SSSR count). The zero-order chi connectivity index (χ0) is 20.0. The summed E-state index contributed by atoms with van der Waals surface area (Å²) >= 11 is 0. The summed E-state index contributed by atoms with van der Waals surface area (Å²) < 4.78 is 5.80. The summed E-state index contributed by atoms with van der Waals surface area (Å²) in [4.78, 5) is 38.7. The van der Waals surface area contributed by atoms with E-state index in [-0.39, 0.29) is 42.5 Å². The third-order valence-corrected chi connectivity index (χ3v) is 5.82. The topological polar surface area (TPSA) is 79.6 Å². The Balaban J connectivity index is 1.27. The van der Waals surface area contributed by atoms with Crippen molar-refractivity contribution in [2.75, 3.05) is 11.9 Å². The van der Waals surface area contributed by atoms with Crippen LogP contribution < -0.4 is 5.32 Å². The van der Waals surface area contributed by atoms with Gasteiger partial charge in [0, 0.05) is 29.4 Å². The fourth-order valence-corrected chi connectivity index (χ4v) is 4.33. The van der Waals surface area contributed by atoms with Crippen molar-refractivity contribution in [3.63, 3.8) is 0 Å². The lowest BCUT2D eigenvalue weighted by Gasteiger charge is -2.14. The number of carbonyl (C=O) groups is 3. The van der Waals surface area contributed by atoms with Crippen LogP contribution in [-0.2, 0) is 14.4 Å². The first kappa shape index (κ1) is 17.7. The number of hydrogen-bond acceptors (Lipinski definition) is 4. The Morgan fingerprint density at radius 1 is 0.966 bits per heavy atom. The first-order chi connectivity index (χ1) is 14.1. The normalized spacial score (nSPS) is 21.2. The molecule has 1 fully saturated rings. The molecule has 2 heterocycles. The lowest BCUT2D eigenvalue weighted by molar-refractivity contribution is -0.140. The number of fused-ring (bicyclic) bond motifs is 4. The highest BCUT2D eigenvalue weighted by Gasteiger charge is 2.46. The third-order valence-electron chi connectivity index (χ3n) is 5.82. The van der Waals surface area contributed by atoms with Gasteiger partial charge in [0.15, 0.2) is 0 Å². The quantitative estimate of drug-likeness (QED) is 0.544. The molecule has 3 amide bonds. The van der Waals surface area contributed by atoms with Gasteiger partial charge in [-0.3, -0.25) is 19.3 Å². The van der Waals surface area contributed by atoms with E-state index >= 15 is 0 Å². The van der Waals surface area contributed by atoms with Crippen molar-refractivity contribution in [3.8, 4) is 0 Å². The van der Waals surface area contributed by atoms with Gasteiger partial charge in [-0.05, 0) is 37.1 Å². The molecule has 1 aliphatic carbocycles. The predicted octanol–water partition coefficient (Wildman–Crippen LogP) is 3.87. The summed E-state index contributed by atoms with van der Waals surface area (Å²) in [5, 5.41) is 4.78. The highest BCUT2D eigenvalue weighted by molar-refractivity contribution is 6.07. The summed E-state index contributed by atoms with van der Waals surface area (Å²) in [6.07, 6.45) is 5.21. The maximum Gasteiger partial charge on any atom is 0.233 e. The summed E-state index contributed by atoms with van der Waals surface area (Å²) in [5.41, 5.74) is 2.22. The smallest absolute Gasteiger partial charge is 0.233 e. The van der Waals surface area contributed by atoms with Gasteiger partial charge in [-0.15, -0.1) is 0 Å². The molecular formula is C23H20N2O4. The molecule has 29 heavy (non-hydrogen) atoms. The highest BCUT2D eigenvalue weighted by Crippen LogP contribution is 2.35. The second-order valence-electron chi connectivity index (χ2n) is 7.59. The Morgan fingerprint density at radius 2 is 1.66 bits per heavy atom. The van der Waals surface area contributed by atoms with Gasteiger partial charge in [0.1, 0.15) is 11.2 Å². The first-order valence-electron chi connectivity index (χ1n) is 9.83. The van der Waals surface area contributed by atoms with Crippen molar-refractivity contribution >= 4 is 45.3 Å². The zero-order valence-corrected chi connectivity index (χ0v) is 15.8. The summed E-state index contributed by atoms with van der Waals surface area (Å²) in [6, 6.07) is 13.2. The molecule has 2 aliphatic rings. The summed E-state index contributed by atoms with van der Waals surface area (Å²) in [5.74, 6) is -1.04. The molecule has 1 aliphatic heterocycles. The largest absolute Gasteiger partial charge is 0.456 e. The van der Waals surface area contributed by atoms with Crippen LogP contribution in [0.3, 0.4) is 0 Å². The maximum atomic E-state index is 12.5. The number of allylic oxidation sites excluding steroid dienone is 2. The van der Waals surface area contributed by atoms with Gasteiger partial charge in [-0.25, -0.2) is 0 Å². The number of carbonyl (C=O) groups excluding carboxylic acids is 3. The minimum atomic E-state index is -0.257. The molecule has 0 bridgehead atoms. The minimum Gasteiger partial charge on any atom is -0.456 e. The second-order valence-corrected chi connectivity index (χ2v) is 7.59. The number of amides is 3. The van der Waals surface area contributed by atoms with Crippen molar-refractivity contribution in [1.82, 2.24) is 4.90 Å². The van der Waals surface area contributed by atoms with Crippen LogP contribution in [0.2, 0.25) is 0 Å². The molecule has 6 nitrogen and oxygen atoms in total. The number of likely N-dealkylation sites (tertiary alicyclic amines) is 1. The van der Waals surface area contributed by atoms with E-state index in [0.29, 0.717) is 18.5 Å². The summed E-state index contributed by atoms with van der Waals surface area (Å²) in [6.45, 7) is 0.118. The molecule has 3 aromatic rings. The molecule has 146 valence electrons. The Hall–Kier alpha value is -3.41. The van der Waals surface area contributed by atoms with E-state index in [1.54, 1.807) is 6.07 Å². The number of nitrogens with zero attached hydrogens (tertiary/aromatic N) is 1. The van der Waals surface area contributed by atoms with Gasteiger partial charge >= 0.3 is 0 Å². The standard InChI is InChI=1S/C23H20N2O4/c26-21(11-12-25-22(27)16-6-1-2-7-17(16)23(25)28)24-14-9-10-20-18(13-14)15-5-3-4-8-19(15)29-20/h1-5,8-10,13,16-17H,6-7,11-12H2,(H,24,26)/t16-,17+. The van der Waals surface area contributed by atoms with Crippen LogP contribution >= 0.6 is 0 Å². The molecule has 0 spiro atoms. The van der Waals surface area contributed by atoms with Crippen LogP contribution in [0, 0.1) is 11.8 Å². The molecule has 0 radical (unpaired) electrons. The van der Waals surface area contributed by atoms with Gasteiger partial charge in [0.2, 0.25) is 17.7 Å². The third kappa shape index (κ3) is 3.01. The number of rotatable bonds is 4. The van der Waals surface area contributed by atoms with Crippen molar-refractivity contribution in [2.45, 2.75) is 19.3 Å². The van der Waals surface area contributed by atoms with Crippen LogP contribution in [0.4, 0.5) is 5.69 Å². The Morgan fingerprint density at radius 3 is 2.41 bits per heavy atom.